The zero-order chi connectivity index (χ0) is 19.5. The normalized spacial score (nSPS) is 11.0. The molecular weight excluding hydrogens is 322 g/mol. The number of hydrogen-bond donors (Lipinski definition) is 2. The molecule has 4 heteroatoms. The van der Waals surface area contributed by atoms with Crippen molar-refractivity contribution < 1.29 is 6.22 Å². The molecule has 1 aromatic heterocycles. The van der Waals surface area contributed by atoms with E-state index in [0.717, 1.165) is 28.2 Å². The third-order valence-electron chi connectivity index (χ3n) is 3.99. The summed E-state index contributed by atoms with van der Waals surface area (Å²) in [6.45, 7) is 8.00. The van der Waals surface area contributed by atoms with Gasteiger partial charge in [-0.25, -0.2) is 4.98 Å². The maximum Gasteiger partial charge on any atom is 0.236 e. The fourth-order valence-electron chi connectivity index (χ4n) is 2.81. The molecule has 0 aliphatic rings. The lowest BCUT2D eigenvalue weighted by molar-refractivity contribution is -0.121. The fraction of sp³-hybridized carbons (Fsp3) is 0.364. The Morgan fingerprint density at radius 3 is 1.92 bits per heavy atom. The van der Waals surface area contributed by atoms with E-state index in [4.69, 9.17) is 10.7 Å². The van der Waals surface area contributed by atoms with Crippen LogP contribution in [0.3, 0.4) is 0 Å². The molecule has 0 bridgehead atoms. The average Bonchev–Trinajstić information content (AvgIpc) is 2.73. The summed E-state index contributed by atoms with van der Waals surface area (Å²) in [7, 11) is 1.61. The van der Waals surface area contributed by atoms with E-state index >= 15 is 0 Å². The van der Waals surface area contributed by atoms with E-state index in [-0.39, 0.29) is 7.33 Å². The second-order valence-electron chi connectivity index (χ2n) is 5.38. The lowest BCUT2D eigenvalue weighted by Gasteiger charge is -2.13. The molecule has 0 radical (unpaired) electrons. The standard InChI is InChI=1S/C18H19N3O.2C2H6.H2/c1-20-18(22)15(19)11-10-12-13-6-2-4-8-16(13)21-17-9-5-3-7-14(12)17;2*1-2;/h2-9,15H,10-11,19H2,1H3,(H,20,22);2*1-2H3;1H. The number of aryl methyl sites for hydroxylation is 1. The number of nitrogens with one attached hydrogen (secondary N) is 1. The minimum Gasteiger partial charge on any atom is -0.358 e. The molecule has 3 rings (SSSR count). The molecule has 2 aromatic carbocycles. The summed E-state index contributed by atoms with van der Waals surface area (Å²) in [5.74, 6) is -0.123. The van der Waals surface area contributed by atoms with Crippen LogP contribution in [0.25, 0.3) is 21.8 Å². The molecule has 0 aliphatic heterocycles. The number of para-hydroxylation sites is 2. The van der Waals surface area contributed by atoms with Gasteiger partial charge < -0.3 is 11.1 Å². The van der Waals surface area contributed by atoms with Gasteiger partial charge in [-0.05, 0) is 30.5 Å². The Bertz CT molecular complexity index is 782. The Morgan fingerprint density at radius 2 is 1.46 bits per heavy atom. The quantitative estimate of drug-likeness (QED) is 0.667. The summed E-state index contributed by atoms with van der Waals surface area (Å²) in [6.07, 6.45) is 1.36. The van der Waals surface area contributed by atoms with Gasteiger partial charge in [-0.2, -0.15) is 0 Å². The number of aromatic nitrogens is 1. The second-order valence-corrected chi connectivity index (χ2v) is 5.38. The lowest BCUT2D eigenvalue weighted by atomic mass is 9.97. The van der Waals surface area contributed by atoms with Gasteiger partial charge in [-0.1, -0.05) is 64.1 Å². The zero-order valence-electron chi connectivity index (χ0n) is 16.5. The van der Waals surface area contributed by atoms with Gasteiger partial charge in [0.15, 0.2) is 0 Å². The Balaban J connectivity index is 0.00000127. The van der Waals surface area contributed by atoms with Crippen molar-refractivity contribution in [2.24, 2.45) is 5.73 Å². The lowest BCUT2D eigenvalue weighted by Crippen LogP contribution is -2.38. The molecule has 3 N–H and O–H groups in total. The van der Waals surface area contributed by atoms with Gasteiger partial charge in [-0.15, -0.1) is 0 Å². The van der Waals surface area contributed by atoms with Crippen molar-refractivity contribution in [3.8, 4) is 0 Å². The van der Waals surface area contributed by atoms with Crippen LogP contribution in [0.2, 0.25) is 0 Å². The molecule has 0 aliphatic carbocycles. The van der Waals surface area contributed by atoms with Crippen LogP contribution in [0.4, 0.5) is 0 Å². The number of fused-ring (bicyclic) bond motifs is 2. The largest absolute Gasteiger partial charge is 0.358 e. The van der Waals surface area contributed by atoms with E-state index in [0.29, 0.717) is 6.42 Å². The van der Waals surface area contributed by atoms with Crippen LogP contribution >= 0.6 is 0 Å². The van der Waals surface area contributed by atoms with Gasteiger partial charge in [0.1, 0.15) is 0 Å². The second kappa shape index (κ2) is 11.2. The number of rotatable bonds is 4. The van der Waals surface area contributed by atoms with Crippen molar-refractivity contribution in [1.82, 2.24) is 10.3 Å². The summed E-state index contributed by atoms with van der Waals surface area (Å²) in [6, 6.07) is 15.7. The molecular formula is C22H33N3O. The van der Waals surface area contributed by atoms with Gasteiger partial charge in [0.25, 0.3) is 0 Å². The van der Waals surface area contributed by atoms with E-state index in [1.54, 1.807) is 7.05 Å². The van der Waals surface area contributed by atoms with Crippen LogP contribution in [-0.2, 0) is 11.2 Å². The highest BCUT2D eigenvalue weighted by Gasteiger charge is 2.14. The van der Waals surface area contributed by atoms with Crippen LogP contribution in [0, 0.1) is 0 Å². The van der Waals surface area contributed by atoms with Gasteiger partial charge in [0.05, 0.1) is 17.1 Å². The third kappa shape index (κ3) is 5.02. The van der Waals surface area contributed by atoms with E-state index in [9.17, 15) is 4.79 Å². The van der Waals surface area contributed by atoms with E-state index in [2.05, 4.69) is 17.4 Å². The highest BCUT2D eigenvalue weighted by molar-refractivity contribution is 5.97. The summed E-state index contributed by atoms with van der Waals surface area (Å²) in [5.41, 5.74) is 9.10. The highest BCUT2D eigenvalue weighted by atomic mass is 16.2. The minimum absolute atomic E-state index is 0. The summed E-state index contributed by atoms with van der Waals surface area (Å²) in [5, 5.41) is 4.86. The number of carbonyl (C=O) groups excluding carboxylic acids is 1. The van der Waals surface area contributed by atoms with Gasteiger partial charge in [0.2, 0.25) is 5.91 Å². The number of amides is 1. The van der Waals surface area contributed by atoms with Crippen molar-refractivity contribution in [2.45, 2.75) is 46.6 Å². The summed E-state index contributed by atoms with van der Waals surface area (Å²) < 4.78 is 0. The number of benzene rings is 2. The van der Waals surface area contributed by atoms with Crippen LogP contribution in [-0.4, -0.2) is 24.0 Å². The smallest absolute Gasteiger partial charge is 0.236 e. The van der Waals surface area contributed by atoms with E-state index in [1.165, 1.54) is 5.56 Å². The monoisotopic (exact) mass is 355 g/mol. The molecule has 1 heterocycles. The minimum atomic E-state index is -0.490. The van der Waals surface area contributed by atoms with Crippen molar-refractivity contribution in [1.29, 1.82) is 0 Å². The number of carbonyl (C=O) groups is 1. The number of hydrogen-bond acceptors (Lipinski definition) is 3. The first-order valence-corrected chi connectivity index (χ1v) is 9.44. The molecule has 0 saturated heterocycles. The number of likely N-dealkylation sites (N-methyl/N-ethyl adjacent to an activating group) is 1. The summed E-state index contributed by atoms with van der Waals surface area (Å²) in [4.78, 5) is 16.3. The molecule has 0 spiro atoms. The van der Waals surface area contributed by atoms with Gasteiger partial charge in [0, 0.05) is 19.2 Å². The van der Waals surface area contributed by atoms with Crippen molar-refractivity contribution in [2.75, 3.05) is 7.05 Å². The van der Waals surface area contributed by atoms with E-state index < -0.39 is 6.04 Å². The average molecular weight is 356 g/mol. The molecule has 1 atom stereocenters. The number of nitrogens with zero attached hydrogens (tertiary/aromatic N) is 1. The molecule has 1 amide bonds. The molecule has 0 saturated carbocycles. The van der Waals surface area contributed by atoms with Crippen LogP contribution in [0.15, 0.2) is 48.5 Å². The maximum atomic E-state index is 11.6. The number of pyridine rings is 1. The molecule has 0 fully saturated rings. The highest BCUT2D eigenvalue weighted by Crippen LogP contribution is 2.27. The molecule has 26 heavy (non-hydrogen) atoms. The Labute approximate surface area is 158 Å². The van der Waals surface area contributed by atoms with Crippen molar-refractivity contribution >= 4 is 27.7 Å². The summed E-state index contributed by atoms with van der Waals surface area (Å²) >= 11 is 0. The predicted octanol–water partition coefficient (Wildman–Crippen LogP) is 4.69. The maximum absolute atomic E-state index is 11.6. The van der Waals surface area contributed by atoms with Crippen LogP contribution in [0.1, 0.15) is 41.1 Å². The first-order valence-electron chi connectivity index (χ1n) is 9.44. The first kappa shape index (κ1) is 21.6. The van der Waals surface area contributed by atoms with Crippen LogP contribution in [0.5, 0.6) is 0 Å². The zero-order valence-corrected chi connectivity index (χ0v) is 16.5. The predicted molar refractivity (Wildman–Crippen MR) is 114 cm³/mol. The Hall–Kier alpha value is -2.46. The topological polar surface area (TPSA) is 68.0 Å². The number of nitrogens with two attached hydrogens (primary N) is 1. The fourth-order valence-corrected chi connectivity index (χ4v) is 2.81. The van der Waals surface area contributed by atoms with E-state index in [1.807, 2.05) is 64.1 Å². The Morgan fingerprint density at radius 1 is 1.00 bits per heavy atom. The molecule has 142 valence electrons. The molecule has 4 nitrogen and oxygen atoms in total. The third-order valence-corrected chi connectivity index (χ3v) is 3.99. The first-order chi connectivity index (χ1) is 12.7. The van der Waals surface area contributed by atoms with Crippen molar-refractivity contribution in [3.63, 3.8) is 0 Å². The molecule has 1 unspecified atom stereocenters. The van der Waals surface area contributed by atoms with Gasteiger partial charge >= 0.3 is 0 Å². The molecule has 3 aromatic rings. The van der Waals surface area contributed by atoms with Gasteiger partial charge in [-0.3, -0.25) is 4.79 Å². The Kier molecular flexibility index (Phi) is 9.31. The SMILES string of the molecule is CC.CC.CNC(=O)C(N)CCc1c2ccccc2nc2ccccc12.[HH]. The van der Waals surface area contributed by atoms with Crippen LogP contribution < -0.4 is 11.1 Å². The van der Waals surface area contributed by atoms with Crippen molar-refractivity contribution in [3.05, 3.63) is 54.1 Å².